The zero-order valence-corrected chi connectivity index (χ0v) is 13.0. The number of amides is 1. The summed E-state index contributed by atoms with van der Waals surface area (Å²) in [7, 11) is 0. The highest BCUT2D eigenvalue weighted by Crippen LogP contribution is 2.17. The third-order valence-corrected chi connectivity index (χ3v) is 3.30. The normalized spacial score (nSPS) is 10.2. The van der Waals surface area contributed by atoms with Crippen molar-refractivity contribution in [3.8, 4) is 0 Å². The third kappa shape index (κ3) is 3.73. The highest BCUT2D eigenvalue weighted by Gasteiger charge is 2.09. The van der Waals surface area contributed by atoms with Gasteiger partial charge in [-0.2, -0.15) is 0 Å². The molecule has 0 aliphatic carbocycles. The van der Waals surface area contributed by atoms with Gasteiger partial charge in [-0.1, -0.05) is 24.3 Å². The summed E-state index contributed by atoms with van der Waals surface area (Å²) in [5.74, 6) is -0.390. The monoisotopic (exact) mass is 322 g/mol. The lowest BCUT2D eigenvalue weighted by Crippen LogP contribution is -2.14. The predicted molar refractivity (Wildman–Crippen MR) is 90.8 cm³/mol. The van der Waals surface area contributed by atoms with Crippen molar-refractivity contribution < 1.29 is 9.18 Å². The van der Waals surface area contributed by atoms with Crippen molar-refractivity contribution in [2.75, 3.05) is 10.6 Å². The van der Waals surface area contributed by atoms with Gasteiger partial charge in [-0.15, -0.1) is 0 Å². The number of nitrogens with zero attached hydrogens (tertiary/aromatic N) is 2. The Morgan fingerprint density at radius 2 is 1.88 bits per heavy atom. The SMILES string of the molecule is Cc1cccc(NC(=O)c2cnc(Nc3ccccc3F)cn2)c1. The number of halogens is 1. The molecule has 1 aromatic heterocycles. The van der Waals surface area contributed by atoms with Crippen LogP contribution in [-0.2, 0) is 0 Å². The molecule has 3 aromatic rings. The quantitative estimate of drug-likeness (QED) is 0.764. The number of para-hydroxylation sites is 1. The summed E-state index contributed by atoms with van der Waals surface area (Å²) in [6.07, 6.45) is 2.73. The van der Waals surface area contributed by atoms with Gasteiger partial charge in [0.2, 0.25) is 0 Å². The largest absolute Gasteiger partial charge is 0.337 e. The van der Waals surface area contributed by atoms with Crippen molar-refractivity contribution in [2.45, 2.75) is 6.92 Å². The van der Waals surface area contributed by atoms with Crippen LogP contribution in [0.25, 0.3) is 0 Å². The predicted octanol–water partition coefficient (Wildman–Crippen LogP) is 3.92. The number of carbonyl (C=O) groups excluding carboxylic acids is 1. The van der Waals surface area contributed by atoms with E-state index in [0.717, 1.165) is 5.56 Å². The lowest BCUT2D eigenvalue weighted by Gasteiger charge is -2.08. The molecule has 0 fully saturated rings. The van der Waals surface area contributed by atoms with E-state index in [-0.39, 0.29) is 17.4 Å². The Labute approximate surface area is 138 Å². The Hall–Kier alpha value is -3.28. The standard InChI is InChI=1S/C18H15FN4O/c1-12-5-4-6-13(9-12)22-18(24)16-10-21-17(11-20-16)23-15-8-3-2-7-14(15)19/h2-11H,1H3,(H,21,23)(H,22,24). The van der Waals surface area contributed by atoms with Crippen LogP contribution in [0.15, 0.2) is 60.9 Å². The number of benzene rings is 2. The van der Waals surface area contributed by atoms with Gasteiger partial charge in [-0.25, -0.2) is 14.4 Å². The number of anilines is 3. The van der Waals surface area contributed by atoms with Crippen molar-refractivity contribution in [1.82, 2.24) is 9.97 Å². The van der Waals surface area contributed by atoms with Crippen molar-refractivity contribution in [2.24, 2.45) is 0 Å². The molecule has 0 aliphatic heterocycles. The summed E-state index contributed by atoms with van der Waals surface area (Å²) in [5.41, 5.74) is 2.21. The molecular weight excluding hydrogens is 307 g/mol. The number of aromatic nitrogens is 2. The van der Waals surface area contributed by atoms with Crippen LogP contribution in [0.1, 0.15) is 16.1 Å². The minimum Gasteiger partial charge on any atom is -0.337 e. The molecule has 6 heteroatoms. The first-order valence-electron chi connectivity index (χ1n) is 7.33. The Morgan fingerprint density at radius 1 is 1.04 bits per heavy atom. The zero-order chi connectivity index (χ0) is 16.9. The molecule has 0 saturated heterocycles. The molecule has 2 aromatic carbocycles. The Kier molecular flexibility index (Phi) is 4.47. The molecule has 1 heterocycles. The summed E-state index contributed by atoms with van der Waals surface area (Å²) >= 11 is 0. The van der Waals surface area contributed by atoms with E-state index in [2.05, 4.69) is 20.6 Å². The summed E-state index contributed by atoms with van der Waals surface area (Å²) in [6, 6.07) is 13.7. The molecule has 0 aliphatic rings. The first-order valence-corrected chi connectivity index (χ1v) is 7.33. The van der Waals surface area contributed by atoms with Crippen molar-refractivity contribution >= 4 is 23.1 Å². The topological polar surface area (TPSA) is 66.9 Å². The molecule has 0 unspecified atom stereocenters. The van der Waals surface area contributed by atoms with Gasteiger partial charge in [0.25, 0.3) is 5.91 Å². The van der Waals surface area contributed by atoms with Crippen molar-refractivity contribution in [3.63, 3.8) is 0 Å². The molecule has 0 bridgehead atoms. The summed E-state index contributed by atoms with van der Waals surface area (Å²) in [5, 5.41) is 5.57. The van der Waals surface area contributed by atoms with E-state index < -0.39 is 0 Å². The number of rotatable bonds is 4. The number of aryl methyl sites for hydroxylation is 1. The summed E-state index contributed by atoms with van der Waals surface area (Å²) < 4.78 is 13.6. The van der Waals surface area contributed by atoms with E-state index >= 15 is 0 Å². The van der Waals surface area contributed by atoms with E-state index in [1.54, 1.807) is 24.3 Å². The van der Waals surface area contributed by atoms with Gasteiger partial charge >= 0.3 is 0 Å². The molecular formula is C18H15FN4O. The fourth-order valence-corrected chi connectivity index (χ4v) is 2.13. The Balaban J connectivity index is 1.70. The smallest absolute Gasteiger partial charge is 0.275 e. The van der Waals surface area contributed by atoms with E-state index in [9.17, 15) is 9.18 Å². The summed E-state index contributed by atoms with van der Waals surface area (Å²) in [6.45, 7) is 1.94. The molecule has 0 spiro atoms. The maximum Gasteiger partial charge on any atom is 0.275 e. The molecule has 0 radical (unpaired) electrons. The molecule has 5 nitrogen and oxygen atoms in total. The lowest BCUT2D eigenvalue weighted by atomic mass is 10.2. The Morgan fingerprint density at radius 3 is 2.58 bits per heavy atom. The van der Waals surface area contributed by atoms with Gasteiger partial charge in [-0.3, -0.25) is 4.79 Å². The molecule has 120 valence electrons. The van der Waals surface area contributed by atoms with Crippen molar-refractivity contribution in [3.05, 3.63) is 78.0 Å². The molecule has 0 atom stereocenters. The number of nitrogens with one attached hydrogen (secondary N) is 2. The first kappa shape index (κ1) is 15.6. The van der Waals surface area contributed by atoms with Gasteiger partial charge in [-0.05, 0) is 36.8 Å². The van der Waals surface area contributed by atoms with Gasteiger partial charge in [0.1, 0.15) is 17.3 Å². The highest BCUT2D eigenvalue weighted by molar-refractivity contribution is 6.02. The maximum atomic E-state index is 13.6. The molecule has 2 N–H and O–H groups in total. The van der Waals surface area contributed by atoms with Crippen LogP contribution in [-0.4, -0.2) is 15.9 Å². The van der Waals surface area contributed by atoms with Crippen LogP contribution < -0.4 is 10.6 Å². The number of carbonyl (C=O) groups is 1. The van der Waals surface area contributed by atoms with Crippen molar-refractivity contribution in [1.29, 1.82) is 0 Å². The fourth-order valence-electron chi connectivity index (χ4n) is 2.13. The van der Waals surface area contributed by atoms with Crippen LogP contribution in [0.3, 0.4) is 0 Å². The fraction of sp³-hybridized carbons (Fsp3) is 0.0556. The maximum absolute atomic E-state index is 13.6. The highest BCUT2D eigenvalue weighted by atomic mass is 19.1. The molecule has 0 saturated carbocycles. The van der Waals surface area contributed by atoms with Crippen LogP contribution >= 0.6 is 0 Å². The van der Waals surface area contributed by atoms with Gasteiger partial charge < -0.3 is 10.6 Å². The van der Waals surface area contributed by atoms with Crippen LogP contribution in [0, 0.1) is 12.7 Å². The first-order chi connectivity index (χ1) is 11.6. The molecule has 1 amide bonds. The Bertz CT molecular complexity index is 865. The number of hydrogen-bond donors (Lipinski definition) is 2. The van der Waals surface area contributed by atoms with Crippen LogP contribution in [0.4, 0.5) is 21.6 Å². The van der Waals surface area contributed by atoms with Crippen LogP contribution in [0.5, 0.6) is 0 Å². The summed E-state index contributed by atoms with van der Waals surface area (Å²) in [4.78, 5) is 20.3. The average Bonchev–Trinajstić information content (AvgIpc) is 2.57. The lowest BCUT2D eigenvalue weighted by molar-refractivity contribution is 0.102. The van der Waals surface area contributed by atoms with E-state index in [1.165, 1.54) is 18.5 Å². The molecule has 3 rings (SSSR count). The minimum atomic E-state index is -0.388. The van der Waals surface area contributed by atoms with Crippen LogP contribution in [0.2, 0.25) is 0 Å². The second-order valence-electron chi connectivity index (χ2n) is 5.22. The second kappa shape index (κ2) is 6.87. The van der Waals surface area contributed by atoms with Gasteiger partial charge in [0, 0.05) is 5.69 Å². The van der Waals surface area contributed by atoms with Gasteiger partial charge in [0.05, 0.1) is 18.1 Å². The molecule has 24 heavy (non-hydrogen) atoms. The third-order valence-electron chi connectivity index (χ3n) is 3.30. The average molecular weight is 322 g/mol. The van der Waals surface area contributed by atoms with Gasteiger partial charge in [0.15, 0.2) is 0 Å². The minimum absolute atomic E-state index is 0.176. The number of hydrogen-bond acceptors (Lipinski definition) is 4. The van der Waals surface area contributed by atoms with E-state index in [4.69, 9.17) is 0 Å². The second-order valence-corrected chi connectivity index (χ2v) is 5.22. The zero-order valence-electron chi connectivity index (χ0n) is 13.0. The van der Waals surface area contributed by atoms with E-state index in [0.29, 0.717) is 17.2 Å². The van der Waals surface area contributed by atoms with E-state index in [1.807, 2.05) is 25.1 Å².